The van der Waals surface area contributed by atoms with Crippen molar-refractivity contribution in [3.63, 3.8) is 0 Å². The van der Waals surface area contributed by atoms with Gasteiger partial charge in [0.1, 0.15) is 16.3 Å². The van der Waals surface area contributed by atoms with Gasteiger partial charge in [0.15, 0.2) is 0 Å². The third kappa shape index (κ3) is 4.97. The van der Waals surface area contributed by atoms with Gasteiger partial charge in [0.2, 0.25) is 0 Å². The van der Waals surface area contributed by atoms with Crippen LogP contribution in [0, 0.1) is 0 Å². The Balaban J connectivity index is 0.00000320. The van der Waals surface area contributed by atoms with Crippen LogP contribution in [0.2, 0.25) is 0 Å². The molecule has 150 valence electrons. The number of phenols is 1. The van der Waals surface area contributed by atoms with Gasteiger partial charge >= 0.3 is 35.5 Å². The van der Waals surface area contributed by atoms with E-state index in [2.05, 4.69) is 10.2 Å². The zero-order valence-corrected chi connectivity index (χ0v) is 18.9. The molecule has 2 N–H and O–H groups in total. The van der Waals surface area contributed by atoms with Crippen LogP contribution in [-0.4, -0.2) is 30.7 Å². The first-order valence-electron chi connectivity index (χ1n) is 8.34. The van der Waals surface area contributed by atoms with Crippen molar-refractivity contribution in [1.29, 1.82) is 0 Å². The molecule has 9 nitrogen and oxygen atoms in total. The van der Waals surface area contributed by atoms with Crippen LogP contribution in [0.25, 0.3) is 10.8 Å². The first-order chi connectivity index (χ1) is 13.7. The van der Waals surface area contributed by atoms with Crippen LogP contribution >= 0.6 is 0 Å². The summed E-state index contributed by atoms with van der Waals surface area (Å²) in [6.45, 7) is 1.92. The van der Waals surface area contributed by atoms with E-state index in [0.29, 0.717) is 11.3 Å². The number of phenolic OH excluding ortho intramolecular Hbond substituents is 1. The molecule has 0 aliphatic carbocycles. The first-order valence-corrected chi connectivity index (χ1v) is 9.78. The third-order valence-corrected chi connectivity index (χ3v) is 4.86. The second-order valence-electron chi connectivity index (χ2n) is 5.86. The summed E-state index contributed by atoms with van der Waals surface area (Å²) in [6.07, 6.45) is 0. The molecule has 0 saturated heterocycles. The van der Waals surface area contributed by atoms with Gasteiger partial charge < -0.3 is 14.9 Å². The van der Waals surface area contributed by atoms with E-state index in [0.717, 1.165) is 12.1 Å². The number of carbonyl (C=O) groups excluding carboxylic acids is 1. The third-order valence-electron chi connectivity index (χ3n) is 3.97. The van der Waals surface area contributed by atoms with Crippen LogP contribution in [0.3, 0.4) is 0 Å². The zero-order chi connectivity index (χ0) is 21.2. The number of azo groups is 1. The van der Waals surface area contributed by atoms with E-state index in [4.69, 9.17) is 4.74 Å². The Bertz CT molecular complexity index is 1230. The molecule has 0 unspecified atom stereocenters. The van der Waals surface area contributed by atoms with Gasteiger partial charge in [-0.05, 0) is 37.3 Å². The van der Waals surface area contributed by atoms with E-state index < -0.39 is 32.5 Å². The Kier molecular flexibility index (Phi) is 7.56. The zero-order valence-electron chi connectivity index (χ0n) is 16.1. The smallest absolute Gasteiger partial charge is 0.872 e. The summed E-state index contributed by atoms with van der Waals surface area (Å²) < 4.78 is 37.8. The molecule has 0 amide bonds. The average Bonchev–Trinajstić information content (AvgIpc) is 2.67. The molecule has 0 atom stereocenters. The molecule has 11 heteroatoms. The predicted octanol–water partition coefficient (Wildman–Crippen LogP) is 0.462. The van der Waals surface area contributed by atoms with Crippen molar-refractivity contribution in [1.82, 2.24) is 0 Å². The molecular weight excluding hydrogens is 423 g/mol. The molecule has 0 aliphatic rings. The predicted molar refractivity (Wildman–Crippen MR) is 101 cm³/mol. The van der Waals surface area contributed by atoms with Crippen molar-refractivity contribution in [2.24, 2.45) is 10.2 Å². The molecule has 0 aliphatic heterocycles. The number of hydrogen-bond donors (Lipinski definition) is 2. The Morgan fingerprint density at radius 2 is 1.80 bits per heavy atom. The minimum atomic E-state index is -4.69. The monoisotopic (exact) mass is 438 g/mol. The number of nitrogens with zero attached hydrogens (tertiary/aromatic N) is 2. The fourth-order valence-corrected chi connectivity index (χ4v) is 3.37. The number of esters is 1. The molecule has 0 fully saturated rings. The molecule has 30 heavy (non-hydrogen) atoms. The molecule has 0 bridgehead atoms. The summed E-state index contributed by atoms with van der Waals surface area (Å²) in [5.74, 6) is -1.70. The van der Waals surface area contributed by atoms with Gasteiger partial charge in [-0.1, -0.05) is 23.9 Å². The quantitative estimate of drug-likeness (QED) is 0.254. The Morgan fingerprint density at radius 3 is 2.40 bits per heavy atom. The molecule has 0 aromatic heterocycles. The van der Waals surface area contributed by atoms with E-state index in [1.54, 1.807) is 6.92 Å². The minimum Gasteiger partial charge on any atom is -0.872 e. The normalized spacial score (nSPS) is 11.4. The van der Waals surface area contributed by atoms with E-state index in [1.807, 2.05) is 0 Å². The van der Waals surface area contributed by atoms with Crippen molar-refractivity contribution < 1.29 is 62.3 Å². The fourth-order valence-electron chi connectivity index (χ4n) is 2.66. The van der Waals surface area contributed by atoms with Crippen LogP contribution in [0.4, 0.5) is 11.4 Å². The van der Waals surface area contributed by atoms with Crippen LogP contribution < -0.4 is 34.7 Å². The molecule has 0 heterocycles. The maximum atomic E-state index is 12.1. The van der Waals surface area contributed by atoms with Gasteiger partial charge in [0.25, 0.3) is 10.1 Å². The number of carbonyl (C=O) groups is 1. The topological polar surface area (TPSA) is 149 Å². The maximum absolute atomic E-state index is 12.1. The van der Waals surface area contributed by atoms with Crippen molar-refractivity contribution in [3.8, 4) is 11.5 Å². The summed E-state index contributed by atoms with van der Waals surface area (Å²) in [6, 6.07) is 10.5. The van der Waals surface area contributed by atoms with Gasteiger partial charge in [0.05, 0.1) is 17.9 Å². The van der Waals surface area contributed by atoms with Crippen molar-refractivity contribution in [2.75, 3.05) is 6.61 Å². The SMILES string of the molecule is CCOC(=O)c1ccc(N=Nc2cc(S(=O)(=O)O)c3cccc([O-])c3c2O)cc1.[Na+]. The van der Waals surface area contributed by atoms with Gasteiger partial charge in [-0.2, -0.15) is 13.5 Å². The standard InChI is InChI=1S/C19H16N2O7S.Na/c1-2-28-19(24)11-6-8-12(9-7-11)20-21-14-10-16(29(25,26)27)13-4-3-5-15(22)17(13)18(14)23;/h3-10,22-23H,2H2,1H3,(H,25,26,27);/q;+1/p-1. The molecule has 0 spiro atoms. The Labute approximate surface area is 194 Å². The van der Waals surface area contributed by atoms with E-state index in [9.17, 15) is 28.0 Å². The molecule has 0 saturated carbocycles. The van der Waals surface area contributed by atoms with Gasteiger partial charge in [-0.15, -0.1) is 5.11 Å². The van der Waals surface area contributed by atoms with Crippen LogP contribution in [0.1, 0.15) is 17.3 Å². The van der Waals surface area contributed by atoms with Gasteiger partial charge in [-0.25, -0.2) is 4.79 Å². The molecular formula is C19H15N2NaO7S. The van der Waals surface area contributed by atoms with Crippen molar-refractivity contribution in [2.45, 2.75) is 11.8 Å². The van der Waals surface area contributed by atoms with Crippen LogP contribution in [0.15, 0.2) is 63.7 Å². The first kappa shape index (κ1) is 23.8. The Morgan fingerprint density at radius 1 is 1.13 bits per heavy atom. The number of rotatable bonds is 5. The van der Waals surface area contributed by atoms with Crippen LogP contribution in [0.5, 0.6) is 11.5 Å². The molecule has 3 aromatic rings. The maximum Gasteiger partial charge on any atom is 1.00 e. The summed E-state index contributed by atoms with van der Waals surface area (Å²) in [4.78, 5) is 11.1. The average molecular weight is 438 g/mol. The molecule has 3 aromatic carbocycles. The minimum absolute atomic E-state index is 0. The fraction of sp³-hybridized carbons (Fsp3) is 0.105. The number of benzene rings is 3. The second kappa shape index (κ2) is 9.54. The van der Waals surface area contributed by atoms with E-state index in [-0.39, 0.29) is 52.6 Å². The van der Waals surface area contributed by atoms with Crippen molar-refractivity contribution in [3.05, 3.63) is 54.1 Å². The number of aromatic hydroxyl groups is 1. The van der Waals surface area contributed by atoms with Gasteiger partial charge in [-0.3, -0.25) is 4.55 Å². The second-order valence-corrected chi connectivity index (χ2v) is 7.25. The number of fused-ring (bicyclic) bond motifs is 1. The summed E-state index contributed by atoms with van der Waals surface area (Å²) in [7, 11) is -4.69. The van der Waals surface area contributed by atoms with E-state index in [1.165, 1.54) is 36.4 Å². The van der Waals surface area contributed by atoms with Crippen molar-refractivity contribution >= 4 is 38.2 Å². The number of hydrogen-bond acceptors (Lipinski definition) is 8. The Hall–Kier alpha value is -2.50. The summed E-state index contributed by atoms with van der Waals surface area (Å²) in [5, 5.41) is 29.7. The van der Waals surface area contributed by atoms with Gasteiger partial charge in [0, 0.05) is 10.8 Å². The molecule has 3 rings (SSSR count). The number of ether oxygens (including phenoxy) is 1. The summed E-state index contributed by atoms with van der Waals surface area (Å²) >= 11 is 0. The largest absolute Gasteiger partial charge is 1.00 e. The molecule has 0 radical (unpaired) electrons. The van der Waals surface area contributed by atoms with Crippen LogP contribution in [-0.2, 0) is 14.9 Å². The van der Waals surface area contributed by atoms with E-state index >= 15 is 0 Å². The summed E-state index contributed by atoms with van der Waals surface area (Å²) in [5.41, 5.74) is 0.285.